The van der Waals surface area contributed by atoms with Crippen molar-refractivity contribution in [3.05, 3.63) is 53.6 Å². The third-order valence-corrected chi connectivity index (χ3v) is 4.10. The molecule has 0 aliphatic rings. The Morgan fingerprint density at radius 2 is 2.00 bits per heavy atom. The zero-order valence-corrected chi connectivity index (χ0v) is 15.0. The van der Waals surface area contributed by atoms with Crippen molar-refractivity contribution < 1.29 is 9.47 Å². The summed E-state index contributed by atoms with van der Waals surface area (Å²) in [6.45, 7) is 6.12. The lowest BCUT2D eigenvalue weighted by atomic mass is 10.2. The second-order valence-electron chi connectivity index (χ2n) is 5.51. The molecule has 0 bridgehead atoms. The van der Waals surface area contributed by atoms with E-state index in [0.29, 0.717) is 13.2 Å². The number of aryl methyl sites for hydroxylation is 1. The topological polar surface area (TPSA) is 49.2 Å². The molecule has 0 atom stereocenters. The highest BCUT2D eigenvalue weighted by atomic mass is 35.5. The number of fused-ring (bicyclic) bond motifs is 1. The Bertz CT molecular complexity index is 803. The molecule has 6 heteroatoms. The molecule has 0 aliphatic heterocycles. The van der Waals surface area contributed by atoms with Crippen LogP contribution in [-0.4, -0.2) is 28.3 Å². The molecule has 0 aromatic carbocycles. The molecule has 0 aliphatic carbocycles. The summed E-state index contributed by atoms with van der Waals surface area (Å²) in [6.07, 6.45) is 5.38. The summed E-state index contributed by atoms with van der Waals surface area (Å²) in [5.74, 6) is 0.839. The molecule has 3 heterocycles. The summed E-state index contributed by atoms with van der Waals surface area (Å²) in [5, 5.41) is 0. The van der Waals surface area contributed by atoms with Crippen LogP contribution in [-0.2, 0) is 17.9 Å². The Labute approximate surface area is 148 Å². The SMILES string of the molecule is COCCn1c(C)c(C)c2nccc(OCc3cccnc3)c21.Cl. The molecule has 3 rings (SSSR count). The highest BCUT2D eigenvalue weighted by Gasteiger charge is 2.16. The van der Waals surface area contributed by atoms with E-state index < -0.39 is 0 Å². The van der Waals surface area contributed by atoms with E-state index in [2.05, 4.69) is 28.4 Å². The molecule has 0 radical (unpaired) electrons. The average Bonchev–Trinajstić information content (AvgIpc) is 2.84. The maximum atomic E-state index is 6.05. The number of methoxy groups -OCH3 is 1. The first-order valence-corrected chi connectivity index (χ1v) is 7.67. The van der Waals surface area contributed by atoms with Crippen molar-refractivity contribution in [2.45, 2.75) is 27.0 Å². The summed E-state index contributed by atoms with van der Waals surface area (Å²) in [7, 11) is 1.71. The smallest absolute Gasteiger partial charge is 0.147 e. The molecular weight excluding hydrogens is 326 g/mol. The summed E-state index contributed by atoms with van der Waals surface area (Å²) < 4.78 is 13.5. The minimum Gasteiger partial charge on any atom is -0.487 e. The van der Waals surface area contributed by atoms with Crippen molar-refractivity contribution in [2.24, 2.45) is 0 Å². The quantitative estimate of drug-likeness (QED) is 0.682. The molecule has 0 fully saturated rings. The molecule has 0 amide bonds. The molecule has 128 valence electrons. The normalized spacial score (nSPS) is 10.6. The fraction of sp³-hybridized carbons (Fsp3) is 0.333. The molecule has 0 N–H and O–H groups in total. The van der Waals surface area contributed by atoms with Crippen LogP contribution in [0.5, 0.6) is 5.75 Å². The van der Waals surface area contributed by atoms with Gasteiger partial charge in [-0.3, -0.25) is 9.97 Å². The van der Waals surface area contributed by atoms with Gasteiger partial charge in [0.15, 0.2) is 0 Å². The van der Waals surface area contributed by atoms with Crippen LogP contribution in [0.25, 0.3) is 11.0 Å². The predicted molar refractivity (Wildman–Crippen MR) is 96.9 cm³/mol. The molecule has 0 unspecified atom stereocenters. The van der Waals surface area contributed by atoms with Gasteiger partial charge < -0.3 is 14.0 Å². The van der Waals surface area contributed by atoms with Gasteiger partial charge in [0.25, 0.3) is 0 Å². The summed E-state index contributed by atoms with van der Waals surface area (Å²) in [6, 6.07) is 5.84. The van der Waals surface area contributed by atoms with E-state index >= 15 is 0 Å². The van der Waals surface area contributed by atoms with Gasteiger partial charge >= 0.3 is 0 Å². The summed E-state index contributed by atoms with van der Waals surface area (Å²) in [5.41, 5.74) is 5.44. The standard InChI is InChI=1S/C18H21N3O2.ClH/c1-13-14(2)21(9-10-22-3)18-16(6-8-20-17(13)18)23-12-15-5-4-7-19-11-15;/h4-8,11H,9-10,12H2,1-3H3;1H. The van der Waals surface area contributed by atoms with E-state index in [0.717, 1.165) is 28.9 Å². The van der Waals surface area contributed by atoms with E-state index in [9.17, 15) is 0 Å². The van der Waals surface area contributed by atoms with Crippen LogP contribution in [0.4, 0.5) is 0 Å². The molecule has 0 spiro atoms. The van der Waals surface area contributed by atoms with E-state index in [1.165, 1.54) is 11.3 Å². The number of aromatic nitrogens is 3. The Balaban J connectivity index is 0.00000208. The van der Waals surface area contributed by atoms with E-state index in [1.54, 1.807) is 19.5 Å². The zero-order chi connectivity index (χ0) is 16.2. The van der Waals surface area contributed by atoms with Gasteiger partial charge in [0.05, 0.1) is 12.1 Å². The third-order valence-electron chi connectivity index (χ3n) is 4.10. The van der Waals surface area contributed by atoms with Crippen molar-refractivity contribution in [3.8, 4) is 5.75 Å². The van der Waals surface area contributed by atoms with Crippen LogP contribution in [0, 0.1) is 13.8 Å². The summed E-state index contributed by atoms with van der Waals surface area (Å²) in [4.78, 5) is 8.65. The van der Waals surface area contributed by atoms with Crippen molar-refractivity contribution in [3.63, 3.8) is 0 Å². The zero-order valence-electron chi connectivity index (χ0n) is 14.2. The molecule has 0 saturated heterocycles. The highest BCUT2D eigenvalue weighted by molar-refractivity contribution is 5.86. The van der Waals surface area contributed by atoms with Gasteiger partial charge in [-0.1, -0.05) is 6.07 Å². The van der Waals surface area contributed by atoms with Gasteiger partial charge in [-0.25, -0.2) is 0 Å². The minimum absolute atomic E-state index is 0. The second kappa shape index (κ2) is 8.13. The number of hydrogen-bond donors (Lipinski definition) is 0. The molecule has 3 aromatic heterocycles. The lowest BCUT2D eigenvalue weighted by Gasteiger charge is -2.12. The first kappa shape index (κ1) is 18.2. The minimum atomic E-state index is 0. The van der Waals surface area contributed by atoms with Crippen molar-refractivity contribution in [1.29, 1.82) is 0 Å². The number of rotatable bonds is 6. The van der Waals surface area contributed by atoms with Crippen molar-refractivity contribution >= 4 is 23.4 Å². The van der Waals surface area contributed by atoms with Crippen LogP contribution >= 0.6 is 12.4 Å². The number of ether oxygens (including phenoxy) is 2. The number of nitrogens with zero attached hydrogens (tertiary/aromatic N) is 3. The number of pyridine rings is 2. The van der Waals surface area contributed by atoms with Crippen LogP contribution < -0.4 is 4.74 Å². The maximum Gasteiger partial charge on any atom is 0.147 e. The lowest BCUT2D eigenvalue weighted by Crippen LogP contribution is -2.07. The Kier molecular flexibility index (Phi) is 6.17. The van der Waals surface area contributed by atoms with Gasteiger partial charge in [-0.15, -0.1) is 12.4 Å². The maximum absolute atomic E-state index is 6.05. The number of halogens is 1. The molecule has 3 aromatic rings. The van der Waals surface area contributed by atoms with Gasteiger partial charge in [0, 0.05) is 49.6 Å². The average molecular weight is 348 g/mol. The Morgan fingerprint density at radius 1 is 1.17 bits per heavy atom. The van der Waals surface area contributed by atoms with E-state index in [4.69, 9.17) is 9.47 Å². The highest BCUT2D eigenvalue weighted by Crippen LogP contribution is 2.31. The molecule has 0 saturated carbocycles. The first-order chi connectivity index (χ1) is 11.2. The van der Waals surface area contributed by atoms with Crippen molar-refractivity contribution in [1.82, 2.24) is 14.5 Å². The number of hydrogen-bond acceptors (Lipinski definition) is 4. The molecule has 24 heavy (non-hydrogen) atoms. The van der Waals surface area contributed by atoms with Gasteiger partial charge in [0.2, 0.25) is 0 Å². The molecular formula is C18H22ClN3O2. The van der Waals surface area contributed by atoms with Gasteiger partial charge in [-0.05, 0) is 25.5 Å². The second-order valence-corrected chi connectivity index (χ2v) is 5.51. The van der Waals surface area contributed by atoms with Crippen LogP contribution in [0.2, 0.25) is 0 Å². The van der Waals surface area contributed by atoms with Gasteiger partial charge in [-0.2, -0.15) is 0 Å². The monoisotopic (exact) mass is 347 g/mol. The largest absolute Gasteiger partial charge is 0.487 e. The van der Waals surface area contributed by atoms with Crippen LogP contribution in [0.15, 0.2) is 36.8 Å². The lowest BCUT2D eigenvalue weighted by molar-refractivity contribution is 0.187. The Hall–Kier alpha value is -2.11. The molecule has 5 nitrogen and oxygen atoms in total. The fourth-order valence-corrected chi connectivity index (χ4v) is 2.74. The Morgan fingerprint density at radius 3 is 2.71 bits per heavy atom. The first-order valence-electron chi connectivity index (χ1n) is 7.67. The van der Waals surface area contributed by atoms with Crippen molar-refractivity contribution in [2.75, 3.05) is 13.7 Å². The van der Waals surface area contributed by atoms with Crippen LogP contribution in [0.1, 0.15) is 16.8 Å². The predicted octanol–water partition coefficient (Wildman–Crippen LogP) is 3.70. The van der Waals surface area contributed by atoms with E-state index in [-0.39, 0.29) is 12.4 Å². The fourth-order valence-electron chi connectivity index (χ4n) is 2.74. The third kappa shape index (κ3) is 3.52. The van der Waals surface area contributed by atoms with Crippen LogP contribution in [0.3, 0.4) is 0 Å². The van der Waals surface area contributed by atoms with Gasteiger partial charge in [0.1, 0.15) is 17.9 Å². The van der Waals surface area contributed by atoms with E-state index in [1.807, 2.05) is 24.4 Å². The summed E-state index contributed by atoms with van der Waals surface area (Å²) >= 11 is 0.